The summed E-state index contributed by atoms with van der Waals surface area (Å²) in [5, 5.41) is 5.98. The first-order valence-corrected chi connectivity index (χ1v) is 8.79. The second-order valence-corrected chi connectivity index (χ2v) is 6.47. The van der Waals surface area contributed by atoms with Gasteiger partial charge in [-0.2, -0.15) is 8.78 Å². The molecule has 1 unspecified atom stereocenters. The molecule has 2 aromatic rings. The first-order chi connectivity index (χ1) is 12.9. The molecule has 1 aliphatic rings. The Balaban J connectivity index is 1.97. The summed E-state index contributed by atoms with van der Waals surface area (Å²) < 4.78 is 35.6. The second kappa shape index (κ2) is 8.14. The molecule has 144 valence electrons. The molecule has 2 N–H and O–H groups in total. The van der Waals surface area contributed by atoms with Crippen molar-refractivity contribution in [2.75, 3.05) is 17.2 Å². The fraction of sp³-hybridized carbons (Fsp3) is 0.294. The number of fused-ring (bicyclic) bond motifs is 1. The fourth-order valence-electron chi connectivity index (χ4n) is 2.60. The molecule has 2 heterocycles. The molecule has 1 aliphatic heterocycles. The van der Waals surface area contributed by atoms with Gasteiger partial charge in [0.15, 0.2) is 11.5 Å². The molecule has 27 heavy (non-hydrogen) atoms. The quantitative estimate of drug-likeness (QED) is 0.728. The van der Waals surface area contributed by atoms with Crippen LogP contribution in [0.2, 0.25) is 10.0 Å². The number of anilines is 2. The number of rotatable bonds is 5. The van der Waals surface area contributed by atoms with Gasteiger partial charge < -0.3 is 20.1 Å². The Kier molecular flexibility index (Phi) is 5.86. The predicted molar refractivity (Wildman–Crippen MR) is 98.5 cm³/mol. The van der Waals surface area contributed by atoms with Gasteiger partial charge in [-0.1, -0.05) is 30.1 Å². The SMILES string of the molecule is CCC1CNc2c(C(=O)Nc3c(Cl)cncc3Cl)ccc(OC(F)F)c2O1. The van der Waals surface area contributed by atoms with Crippen LogP contribution in [0.1, 0.15) is 23.7 Å². The minimum atomic E-state index is -3.02. The van der Waals surface area contributed by atoms with Crippen molar-refractivity contribution in [1.82, 2.24) is 4.98 Å². The molecule has 0 radical (unpaired) electrons. The van der Waals surface area contributed by atoms with Gasteiger partial charge in [-0.3, -0.25) is 9.78 Å². The average Bonchev–Trinajstić information content (AvgIpc) is 2.64. The number of aromatic nitrogens is 1. The van der Waals surface area contributed by atoms with Gasteiger partial charge in [-0.25, -0.2) is 0 Å². The molecule has 10 heteroatoms. The third-order valence-corrected chi connectivity index (χ3v) is 4.49. The normalized spacial score (nSPS) is 15.6. The standard InChI is InChI=1S/C17H15Cl2F2N3O3/c1-2-8-5-23-13-9(3-4-12(15(13)26-8)27-17(20)21)16(25)24-14-10(18)6-22-7-11(14)19/h3-4,6-8,17,23H,2,5H2,1H3,(H,22,24,25). The van der Waals surface area contributed by atoms with Gasteiger partial charge in [0.2, 0.25) is 0 Å². The van der Waals surface area contributed by atoms with E-state index in [1.807, 2.05) is 6.92 Å². The van der Waals surface area contributed by atoms with Crippen LogP contribution in [0.3, 0.4) is 0 Å². The number of ether oxygens (including phenoxy) is 2. The zero-order chi connectivity index (χ0) is 19.6. The highest BCUT2D eigenvalue weighted by Gasteiger charge is 2.28. The van der Waals surface area contributed by atoms with Crippen molar-refractivity contribution in [3.8, 4) is 11.5 Å². The molecule has 3 rings (SSSR count). The summed E-state index contributed by atoms with van der Waals surface area (Å²) in [6.07, 6.45) is 3.09. The van der Waals surface area contributed by atoms with Crippen LogP contribution in [0.25, 0.3) is 0 Å². The number of hydrogen-bond acceptors (Lipinski definition) is 5. The number of carbonyl (C=O) groups is 1. The van der Waals surface area contributed by atoms with Crippen molar-refractivity contribution in [3.63, 3.8) is 0 Å². The van der Waals surface area contributed by atoms with Crippen LogP contribution in [-0.4, -0.2) is 30.2 Å². The molecule has 1 aromatic heterocycles. The maximum Gasteiger partial charge on any atom is 0.387 e. The largest absolute Gasteiger partial charge is 0.483 e. The number of amides is 1. The van der Waals surface area contributed by atoms with E-state index in [1.54, 1.807) is 0 Å². The highest BCUT2D eigenvalue weighted by molar-refractivity contribution is 6.39. The minimum absolute atomic E-state index is 0.0629. The van der Waals surface area contributed by atoms with E-state index in [1.165, 1.54) is 24.5 Å². The van der Waals surface area contributed by atoms with Crippen LogP contribution in [-0.2, 0) is 0 Å². The van der Waals surface area contributed by atoms with E-state index in [4.69, 9.17) is 27.9 Å². The summed E-state index contributed by atoms with van der Waals surface area (Å²) in [6.45, 7) is -0.706. The minimum Gasteiger partial charge on any atom is -0.483 e. The van der Waals surface area contributed by atoms with Gasteiger partial charge in [0.05, 0.1) is 33.5 Å². The van der Waals surface area contributed by atoms with Crippen molar-refractivity contribution < 1.29 is 23.0 Å². The zero-order valence-electron chi connectivity index (χ0n) is 14.1. The average molecular weight is 418 g/mol. The highest BCUT2D eigenvalue weighted by atomic mass is 35.5. The maximum absolute atomic E-state index is 12.7. The Hall–Kier alpha value is -2.32. The van der Waals surface area contributed by atoms with Crippen LogP contribution in [0.15, 0.2) is 24.5 Å². The van der Waals surface area contributed by atoms with Gasteiger partial charge in [0.25, 0.3) is 5.91 Å². The molecule has 0 spiro atoms. The first kappa shape index (κ1) is 19.4. The number of hydrogen-bond donors (Lipinski definition) is 2. The van der Waals surface area contributed by atoms with E-state index in [0.29, 0.717) is 13.0 Å². The molecule has 0 bridgehead atoms. The number of carbonyl (C=O) groups excluding carboxylic acids is 1. The van der Waals surface area contributed by atoms with Crippen LogP contribution >= 0.6 is 23.2 Å². The molecular formula is C17H15Cl2F2N3O3. The lowest BCUT2D eigenvalue weighted by molar-refractivity contribution is -0.0521. The molecule has 1 amide bonds. The van der Waals surface area contributed by atoms with Gasteiger partial charge >= 0.3 is 6.61 Å². The molecule has 6 nitrogen and oxygen atoms in total. The molecule has 1 atom stereocenters. The number of nitrogens with one attached hydrogen (secondary N) is 2. The van der Waals surface area contributed by atoms with E-state index in [0.717, 1.165) is 0 Å². The predicted octanol–water partition coefficient (Wildman–Crippen LogP) is 4.83. The molecule has 1 aromatic carbocycles. The summed E-state index contributed by atoms with van der Waals surface area (Å²) in [7, 11) is 0. The second-order valence-electron chi connectivity index (χ2n) is 5.66. The third kappa shape index (κ3) is 4.17. The number of nitrogens with zero attached hydrogens (tertiary/aromatic N) is 1. The highest BCUT2D eigenvalue weighted by Crippen LogP contribution is 2.42. The number of pyridine rings is 1. The van der Waals surface area contributed by atoms with Crippen molar-refractivity contribution in [3.05, 3.63) is 40.1 Å². The van der Waals surface area contributed by atoms with E-state index in [-0.39, 0.29) is 44.6 Å². The fourth-order valence-corrected chi connectivity index (χ4v) is 3.06. The Labute approximate surface area is 163 Å². The Morgan fingerprint density at radius 2 is 2.11 bits per heavy atom. The van der Waals surface area contributed by atoms with Crippen LogP contribution in [0.4, 0.5) is 20.2 Å². The summed E-state index contributed by atoms with van der Waals surface area (Å²) in [4.78, 5) is 16.6. The van der Waals surface area contributed by atoms with Gasteiger partial charge in [-0.05, 0) is 18.6 Å². The van der Waals surface area contributed by atoms with Crippen molar-refractivity contribution in [2.24, 2.45) is 0 Å². The first-order valence-electron chi connectivity index (χ1n) is 8.03. The Morgan fingerprint density at radius 3 is 2.74 bits per heavy atom. The number of halogens is 4. The third-order valence-electron chi connectivity index (χ3n) is 3.92. The Bertz CT molecular complexity index is 847. The lowest BCUT2D eigenvalue weighted by Gasteiger charge is -2.29. The van der Waals surface area contributed by atoms with Crippen molar-refractivity contribution >= 4 is 40.5 Å². The van der Waals surface area contributed by atoms with Crippen molar-refractivity contribution in [2.45, 2.75) is 26.1 Å². The molecule has 0 saturated carbocycles. The van der Waals surface area contributed by atoms with E-state index >= 15 is 0 Å². The summed E-state index contributed by atoms with van der Waals surface area (Å²) in [5.41, 5.74) is 0.630. The van der Waals surface area contributed by atoms with Gasteiger partial charge in [-0.15, -0.1) is 0 Å². The monoisotopic (exact) mass is 417 g/mol. The van der Waals surface area contributed by atoms with E-state index in [2.05, 4.69) is 20.4 Å². The summed E-state index contributed by atoms with van der Waals surface area (Å²) >= 11 is 12.0. The Morgan fingerprint density at radius 1 is 1.41 bits per heavy atom. The van der Waals surface area contributed by atoms with E-state index < -0.39 is 12.5 Å². The van der Waals surface area contributed by atoms with Crippen LogP contribution in [0, 0.1) is 0 Å². The van der Waals surface area contributed by atoms with E-state index in [9.17, 15) is 13.6 Å². The lowest BCUT2D eigenvalue weighted by Crippen LogP contribution is -2.32. The number of alkyl halides is 2. The maximum atomic E-state index is 12.7. The summed E-state index contributed by atoms with van der Waals surface area (Å²) in [5.74, 6) is -0.633. The van der Waals surface area contributed by atoms with Crippen LogP contribution < -0.4 is 20.1 Å². The zero-order valence-corrected chi connectivity index (χ0v) is 15.6. The molecule has 0 aliphatic carbocycles. The topological polar surface area (TPSA) is 72.5 Å². The number of benzene rings is 1. The van der Waals surface area contributed by atoms with Gasteiger partial charge in [0, 0.05) is 12.4 Å². The summed E-state index contributed by atoms with van der Waals surface area (Å²) in [6, 6.07) is 2.62. The van der Waals surface area contributed by atoms with Crippen LogP contribution in [0.5, 0.6) is 11.5 Å². The smallest absolute Gasteiger partial charge is 0.387 e. The van der Waals surface area contributed by atoms with Crippen molar-refractivity contribution in [1.29, 1.82) is 0 Å². The van der Waals surface area contributed by atoms with Gasteiger partial charge in [0.1, 0.15) is 6.10 Å². The molecular weight excluding hydrogens is 403 g/mol. The molecule has 0 saturated heterocycles. The molecule has 0 fully saturated rings. The lowest BCUT2D eigenvalue weighted by atomic mass is 10.1.